The fourth-order valence-electron chi connectivity index (χ4n) is 3.18. The second kappa shape index (κ2) is 10.9. The maximum atomic E-state index is 13.3. The average Bonchev–Trinajstić information content (AvgIpc) is 2.90. The molecule has 0 unspecified atom stereocenters. The van der Waals surface area contributed by atoms with E-state index in [2.05, 4.69) is 11.8 Å². The standard InChI is InChI=1S/C27H24O7/c1-30-20-10-7-17(8-11-20)6-9-18-14-24(33-4)25(34-5)16-23(18)27(29)26(28)19-12-21(31-2)15-22(13-19)32-3/h7-8,10-16H,1-5H3. The van der Waals surface area contributed by atoms with Crippen LogP contribution in [0.4, 0.5) is 0 Å². The number of hydrogen-bond acceptors (Lipinski definition) is 7. The Hall–Kier alpha value is -4.44. The number of methoxy groups -OCH3 is 5. The van der Waals surface area contributed by atoms with E-state index in [0.29, 0.717) is 39.9 Å². The number of carbonyl (C=O) groups is 2. The third-order valence-electron chi connectivity index (χ3n) is 5.02. The van der Waals surface area contributed by atoms with E-state index in [-0.39, 0.29) is 11.1 Å². The van der Waals surface area contributed by atoms with Crippen LogP contribution in [0.25, 0.3) is 0 Å². The van der Waals surface area contributed by atoms with Crippen molar-refractivity contribution in [3.63, 3.8) is 0 Å². The molecule has 0 N–H and O–H groups in total. The van der Waals surface area contributed by atoms with Crippen LogP contribution in [-0.4, -0.2) is 47.1 Å². The van der Waals surface area contributed by atoms with Crippen molar-refractivity contribution >= 4 is 11.6 Å². The van der Waals surface area contributed by atoms with Gasteiger partial charge in [0.2, 0.25) is 11.6 Å². The molecule has 7 heteroatoms. The van der Waals surface area contributed by atoms with Gasteiger partial charge < -0.3 is 23.7 Å². The average molecular weight is 460 g/mol. The van der Waals surface area contributed by atoms with Crippen LogP contribution in [0.5, 0.6) is 28.7 Å². The van der Waals surface area contributed by atoms with Gasteiger partial charge in [0.05, 0.1) is 35.5 Å². The van der Waals surface area contributed by atoms with Crippen molar-refractivity contribution in [1.29, 1.82) is 0 Å². The first kappa shape index (κ1) is 24.2. The van der Waals surface area contributed by atoms with Gasteiger partial charge in [-0.3, -0.25) is 9.59 Å². The van der Waals surface area contributed by atoms with E-state index in [0.717, 1.165) is 0 Å². The second-order valence-corrected chi connectivity index (χ2v) is 6.99. The summed E-state index contributed by atoms with van der Waals surface area (Å²) < 4.78 is 26.3. The quantitative estimate of drug-likeness (QED) is 0.283. The molecule has 3 aromatic carbocycles. The minimum Gasteiger partial charge on any atom is -0.497 e. The molecule has 0 saturated carbocycles. The van der Waals surface area contributed by atoms with E-state index in [1.165, 1.54) is 46.6 Å². The Labute approximate surface area is 198 Å². The molecule has 0 heterocycles. The third kappa shape index (κ3) is 5.30. The molecule has 174 valence electrons. The molecule has 3 aromatic rings. The van der Waals surface area contributed by atoms with Crippen LogP contribution in [0.15, 0.2) is 54.6 Å². The molecule has 3 rings (SSSR count). The molecule has 0 spiro atoms. The van der Waals surface area contributed by atoms with E-state index in [1.54, 1.807) is 43.5 Å². The van der Waals surface area contributed by atoms with Crippen LogP contribution in [0.3, 0.4) is 0 Å². The molecule has 0 radical (unpaired) electrons. The van der Waals surface area contributed by atoms with E-state index in [1.807, 2.05) is 0 Å². The molecule has 0 aliphatic carbocycles. The Morgan fingerprint density at radius 2 is 1.15 bits per heavy atom. The Kier molecular flexibility index (Phi) is 7.78. The molecule has 0 aromatic heterocycles. The highest BCUT2D eigenvalue weighted by Gasteiger charge is 2.24. The number of rotatable bonds is 8. The number of Topliss-reactive ketones (excluding diaryl/α,β-unsaturated/α-hetero) is 2. The Morgan fingerprint density at radius 3 is 1.68 bits per heavy atom. The number of ketones is 2. The summed E-state index contributed by atoms with van der Waals surface area (Å²) >= 11 is 0. The first-order valence-electron chi connectivity index (χ1n) is 10.2. The summed E-state index contributed by atoms with van der Waals surface area (Å²) in [6, 6.07) is 14.7. The van der Waals surface area contributed by atoms with Crippen molar-refractivity contribution in [3.05, 3.63) is 76.9 Å². The highest BCUT2D eigenvalue weighted by atomic mass is 16.5. The highest BCUT2D eigenvalue weighted by molar-refractivity contribution is 6.49. The van der Waals surface area contributed by atoms with Gasteiger partial charge in [-0.1, -0.05) is 11.8 Å². The lowest BCUT2D eigenvalue weighted by Crippen LogP contribution is -2.16. The first-order valence-corrected chi connectivity index (χ1v) is 10.2. The van der Waals surface area contributed by atoms with Crippen LogP contribution in [0.2, 0.25) is 0 Å². The predicted molar refractivity (Wildman–Crippen MR) is 127 cm³/mol. The Morgan fingerprint density at radius 1 is 0.588 bits per heavy atom. The minimum absolute atomic E-state index is 0.0884. The number of benzene rings is 3. The maximum Gasteiger partial charge on any atom is 0.234 e. The molecule has 0 amide bonds. The molecular formula is C27H24O7. The Bertz CT molecular complexity index is 1240. The van der Waals surface area contributed by atoms with Gasteiger partial charge in [-0.15, -0.1) is 0 Å². The van der Waals surface area contributed by atoms with Gasteiger partial charge in [0.1, 0.15) is 17.2 Å². The summed E-state index contributed by atoms with van der Waals surface area (Å²) in [5, 5.41) is 0. The van der Waals surface area contributed by atoms with Crippen LogP contribution in [-0.2, 0) is 0 Å². The second-order valence-electron chi connectivity index (χ2n) is 6.99. The van der Waals surface area contributed by atoms with E-state index >= 15 is 0 Å². The Balaban J connectivity index is 2.08. The van der Waals surface area contributed by atoms with E-state index in [9.17, 15) is 9.59 Å². The van der Waals surface area contributed by atoms with Gasteiger partial charge in [0, 0.05) is 34.4 Å². The van der Waals surface area contributed by atoms with Crippen molar-refractivity contribution in [3.8, 4) is 40.6 Å². The molecule has 0 aliphatic rings. The molecule has 0 bridgehead atoms. The van der Waals surface area contributed by atoms with Gasteiger partial charge in [-0.05, 0) is 42.5 Å². The molecule has 0 fully saturated rings. The zero-order valence-corrected chi connectivity index (χ0v) is 19.6. The van der Waals surface area contributed by atoms with Crippen LogP contribution >= 0.6 is 0 Å². The van der Waals surface area contributed by atoms with E-state index in [4.69, 9.17) is 23.7 Å². The normalized spacial score (nSPS) is 9.91. The zero-order chi connectivity index (χ0) is 24.7. The number of hydrogen-bond donors (Lipinski definition) is 0. The highest BCUT2D eigenvalue weighted by Crippen LogP contribution is 2.32. The van der Waals surface area contributed by atoms with Crippen LogP contribution < -0.4 is 23.7 Å². The largest absolute Gasteiger partial charge is 0.497 e. The van der Waals surface area contributed by atoms with Gasteiger partial charge in [-0.2, -0.15) is 0 Å². The van der Waals surface area contributed by atoms with Crippen molar-refractivity contribution in [2.75, 3.05) is 35.5 Å². The topological polar surface area (TPSA) is 80.3 Å². The predicted octanol–water partition coefficient (Wildman–Crippen LogP) is 4.20. The smallest absolute Gasteiger partial charge is 0.234 e. The zero-order valence-electron chi connectivity index (χ0n) is 19.6. The SMILES string of the molecule is COc1ccc(C#Cc2cc(OC)c(OC)cc2C(=O)C(=O)c2cc(OC)cc(OC)c2)cc1. The van der Waals surface area contributed by atoms with Crippen molar-refractivity contribution < 1.29 is 33.3 Å². The van der Waals surface area contributed by atoms with Gasteiger partial charge >= 0.3 is 0 Å². The van der Waals surface area contributed by atoms with Gasteiger partial charge in [-0.25, -0.2) is 0 Å². The lowest BCUT2D eigenvalue weighted by molar-refractivity contribution is 0.0816. The molecule has 0 aliphatic heterocycles. The molecule has 34 heavy (non-hydrogen) atoms. The third-order valence-corrected chi connectivity index (χ3v) is 5.02. The van der Waals surface area contributed by atoms with Crippen molar-refractivity contribution in [2.24, 2.45) is 0 Å². The molecule has 7 nitrogen and oxygen atoms in total. The van der Waals surface area contributed by atoms with Crippen LogP contribution in [0, 0.1) is 11.8 Å². The maximum absolute atomic E-state index is 13.3. The van der Waals surface area contributed by atoms with E-state index < -0.39 is 11.6 Å². The monoisotopic (exact) mass is 460 g/mol. The summed E-state index contributed by atoms with van der Waals surface area (Å²) in [7, 11) is 7.44. The molecule has 0 atom stereocenters. The molecular weight excluding hydrogens is 436 g/mol. The number of ether oxygens (including phenoxy) is 5. The minimum atomic E-state index is -0.754. The lowest BCUT2D eigenvalue weighted by atomic mass is 9.96. The van der Waals surface area contributed by atoms with Crippen molar-refractivity contribution in [2.45, 2.75) is 0 Å². The van der Waals surface area contributed by atoms with Crippen molar-refractivity contribution in [1.82, 2.24) is 0 Å². The van der Waals surface area contributed by atoms with Gasteiger partial charge in [0.25, 0.3) is 0 Å². The summed E-state index contributed by atoms with van der Waals surface area (Å²) in [6.45, 7) is 0. The fourth-order valence-corrected chi connectivity index (χ4v) is 3.18. The summed E-state index contributed by atoms with van der Waals surface area (Å²) in [6.07, 6.45) is 0. The lowest BCUT2D eigenvalue weighted by Gasteiger charge is -2.12. The number of carbonyl (C=O) groups excluding carboxylic acids is 2. The summed E-state index contributed by atoms with van der Waals surface area (Å²) in [5.41, 5.74) is 1.25. The first-order chi connectivity index (χ1) is 16.4. The summed E-state index contributed by atoms with van der Waals surface area (Å²) in [5.74, 6) is 6.66. The molecule has 0 saturated heterocycles. The van der Waals surface area contributed by atoms with Gasteiger partial charge in [0.15, 0.2) is 11.5 Å². The fraction of sp³-hybridized carbons (Fsp3) is 0.185. The van der Waals surface area contributed by atoms with Crippen LogP contribution in [0.1, 0.15) is 31.8 Å². The summed E-state index contributed by atoms with van der Waals surface area (Å²) in [4.78, 5) is 26.5.